The van der Waals surface area contributed by atoms with Gasteiger partial charge in [-0.1, -0.05) is 42.5 Å². The summed E-state index contributed by atoms with van der Waals surface area (Å²) in [6.45, 7) is -0.624. The molecule has 0 aliphatic heterocycles. The SMILES string of the molecule is O=C(COC(=O)c1nc(Cl)ccc1Cl)NC(=O)NC1CCCCC1. The quantitative estimate of drug-likeness (QED) is 0.624. The molecule has 1 aliphatic carbocycles. The molecule has 1 aromatic heterocycles. The van der Waals surface area contributed by atoms with Gasteiger partial charge in [-0.15, -0.1) is 0 Å². The van der Waals surface area contributed by atoms with Crippen LogP contribution in [0.15, 0.2) is 12.1 Å². The first-order chi connectivity index (χ1) is 11.5. The standard InChI is InChI=1S/C15H17Cl2N3O4/c16-10-6-7-11(17)19-13(10)14(22)24-8-12(21)20-15(23)18-9-4-2-1-3-5-9/h6-7,9H,1-5,8H2,(H2,18,20,21,23). The Bertz CT molecular complexity index is 633. The lowest BCUT2D eigenvalue weighted by Crippen LogP contribution is -2.46. The first kappa shape index (κ1) is 18.5. The van der Waals surface area contributed by atoms with E-state index in [-0.39, 0.29) is 21.9 Å². The highest BCUT2D eigenvalue weighted by Crippen LogP contribution is 2.18. The Labute approximate surface area is 149 Å². The Kier molecular flexibility index (Phi) is 6.81. The number of amides is 3. The van der Waals surface area contributed by atoms with Gasteiger partial charge in [-0.3, -0.25) is 10.1 Å². The number of nitrogens with one attached hydrogen (secondary N) is 2. The fraction of sp³-hybridized carbons (Fsp3) is 0.467. The maximum atomic E-state index is 11.8. The summed E-state index contributed by atoms with van der Waals surface area (Å²) >= 11 is 11.5. The second kappa shape index (κ2) is 8.84. The number of imide groups is 1. The molecule has 0 unspecified atom stereocenters. The molecule has 7 nitrogen and oxygen atoms in total. The number of ether oxygens (including phenoxy) is 1. The zero-order valence-electron chi connectivity index (χ0n) is 12.8. The van der Waals surface area contributed by atoms with E-state index in [2.05, 4.69) is 15.6 Å². The van der Waals surface area contributed by atoms with E-state index in [1.165, 1.54) is 12.1 Å². The number of rotatable bonds is 4. The highest BCUT2D eigenvalue weighted by molar-refractivity contribution is 6.34. The van der Waals surface area contributed by atoms with Crippen LogP contribution in [-0.2, 0) is 9.53 Å². The molecule has 2 N–H and O–H groups in total. The number of halogens is 2. The first-order valence-electron chi connectivity index (χ1n) is 7.55. The number of esters is 1. The minimum Gasteiger partial charge on any atom is -0.451 e. The van der Waals surface area contributed by atoms with Crippen molar-refractivity contribution >= 4 is 41.1 Å². The molecule has 24 heavy (non-hydrogen) atoms. The lowest BCUT2D eigenvalue weighted by atomic mass is 9.96. The summed E-state index contributed by atoms with van der Waals surface area (Å²) in [5.74, 6) is -1.64. The molecule has 2 rings (SSSR count). The number of pyridine rings is 1. The molecule has 0 atom stereocenters. The summed E-state index contributed by atoms with van der Waals surface area (Å²) in [6.07, 6.45) is 5.08. The second-order valence-corrected chi connectivity index (χ2v) is 6.19. The van der Waals surface area contributed by atoms with Gasteiger partial charge in [0.05, 0.1) is 5.02 Å². The molecular weight excluding hydrogens is 357 g/mol. The third-order valence-electron chi connectivity index (χ3n) is 3.53. The van der Waals surface area contributed by atoms with Gasteiger partial charge < -0.3 is 10.1 Å². The molecule has 1 aliphatic rings. The van der Waals surface area contributed by atoms with Crippen LogP contribution in [-0.4, -0.2) is 35.5 Å². The normalized spacial score (nSPS) is 14.8. The van der Waals surface area contributed by atoms with E-state index in [1.54, 1.807) is 0 Å². The van der Waals surface area contributed by atoms with Crippen molar-refractivity contribution in [2.45, 2.75) is 38.1 Å². The van der Waals surface area contributed by atoms with Gasteiger partial charge in [0, 0.05) is 6.04 Å². The lowest BCUT2D eigenvalue weighted by molar-refractivity contribution is -0.123. The summed E-state index contributed by atoms with van der Waals surface area (Å²) in [6, 6.07) is 2.29. The highest BCUT2D eigenvalue weighted by atomic mass is 35.5. The van der Waals surface area contributed by atoms with E-state index < -0.39 is 24.5 Å². The van der Waals surface area contributed by atoms with Crippen molar-refractivity contribution in [1.29, 1.82) is 0 Å². The molecule has 0 radical (unpaired) electrons. The van der Waals surface area contributed by atoms with Crippen molar-refractivity contribution in [2.75, 3.05) is 6.61 Å². The van der Waals surface area contributed by atoms with Crippen LogP contribution in [0.4, 0.5) is 4.79 Å². The van der Waals surface area contributed by atoms with E-state index in [4.69, 9.17) is 27.9 Å². The van der Waals surface area contributed by atoms with Crippen LogP contribution >= 0.6 is 23.2 Å². The second-order valence-electron chi connectivity index (χ2n) is 5.40. The molecule has 130 valence electrons. The summed E-state index contributed by atoms with van der Waals surface area (Å²) in [5, 5.41) is 4.97. The van der Waals surface area contributed by atoms with Crippen molar-refractivity contribution in [3.8, 4) is 0 Å². The molecule has 1 fully saturated rings. The lowest BCUT2D eigenvalue weighted by Gasteiger charge is -2.22. The Morgan fingerprint density at radius 2 is 1.88 bits per heavy atom. The number of carbonyl (C=O) groups is 3. The van der Waals surface area contributed by atoms with E-state index >= 15 is 0 Å². The highest BCUT2D eigenvalue weighted by Gasteiger charge is 2.19. The van der Waals surface area contributed by atoms with Gasteiger partial charge in [0.1, 0.15) is 5.15 Å². The van der Waals surface area contributed by atoms with Crippen molar-refractivity contribution in [3.05, 3.63) is 28.0 Å². The molecule has 3 amide bonds. The van der Waals surface area contributed by atoms with Crippen LogP contribution in [0.1, 0.15) is 42.6 Å². The summed E-state index contributed by atoms with van der Waals surface area (Å²) in [7, 11) is 0. The number of urea groups is 1. The number of hydrogen-bond acceptors (Lipinski definition) is 5. The van der Waals surface area contributed by atoms with Gasteiger partial charge in [0.25, 0.3) is 5.91 Å². The fourth-order valence-corrected chi connectivity index (χ4v) is 2.72. The van der Waals surface area contributed by atoms with Crippen LogP contribution in [0.3, 0.4) is 0 Å². The molecule has 0 bridgehead atoms. The van der Waals surface area contributed by atoms with Gasteiger partial charge >= 0.3 is 12.0 Å². The maximum absolute atomic E-state index is 11.8. The smallest absolute Gasteiger partial charge is 0.359 e. The van der Waals surface area contributed by atoms with E-state index in [9.17, 15) is 14.4 Å². The van der Waals surface area contributed by atoms with Crippen molar-refractivity contribution in [2.24, 2.45) is 0 Å². The third kappa shape index (κ3) is 5.65. The summed E-state index contributed by atoms with van der Waals surface area (Å²) in [4.78, 5) is 38.9. The Balaban J connectivity index is 1.76. The largest absolute Gasteiger partial charge is 0.451 e. The van der Waals surface area contributed by atoms with Gasteiger partial charge in [0.15, 0.2) is 12.3 Å². The van der Waals surface area contributed by atoms with Gasteiger partial charge in [0.2, 0.25) is 0 Å². The average Bonchev–Trinajstić information content (AvgIpc) is 2.55. The monoisotopic (exact) mass is 373 g/mol. The molecule has 0 spiro atoms. The number of hydrogen-bond donors (Lipinski definition) is 2. The van der Waals surface area contributed by atoms with Crippen LogP contribution < -0.4 is 10.6 Å². The van der Waals surface area contributed by atoms with E-state index in [0.717, 1.165) is 32.1 Å². The van der Waals surface area contributed by atoms with Crippen LogP contribution in [0.25, 0.3) is 0 Å². The van der Waals surface area contributed by atoms with Crippen molar-refractivity contribution in [1.82, 2.24) is 15.6 Å². The molecule has 0 saturated heterocycles. The Morgan fingerprint density at radius 3 is 2.58 bits per heavy atom. The van der Waals surface area contributed by atoms with E-state index in [1.807, 2.05) is 0 Å². The molecule has 1 heterocycles. The zero-order chi connectivity index (χ0) is 17.5. The topological polar surface area (TPSA) is 97.4 Å². The molecular formula is C15H17Cl2N3O4. The molecule has 9 heteroatoms. The van der Waals surface area contributed by atoms with Gasteiger partial charge in [-0.2, -0.15) is 0 Å². The summed E-state index contributed by atoms with van der Waals surface area (Å²) < 4.78 is 4.78. The van der Waals surface area contributed by atoms with Crippen LogP contribution in [0.5, 0.6) is 0 Å². The predicted molar refractivity (Wildman–Crippen MR) is 88.1 cm³/mol. The average molecular weight is 374 g/mol. The number of aromatic nitrogens is 1. The van der Waals surface area contributed by atoms with Crippen LogP contribution in [0.2, 0.25) is 10.2 Å². The molecule has 0 aromatic carbocycles. The molecule has 1 saturated carbocycles. The Morgan fingerprint density at radius 1 is 1.17 bits per heavy atom. The van der Waals surface area contributed by atoms with Gasteiger partial charge in [-0.25, -0.2) is 14.6 Å². The summed E-state index contributed by atoms with van der Waals surface area (Å²) in [5.41, 5.74) is -0.191. The maximum Gasteiger partial charge on any atom is 0.359 e. The zero-order valence-corrected chi connectivity index (χ0v) is 14.3. The Hall–Kier alpha value is -1.86. The third-order valence-corrected chi connectivity index (χ3v) is 4.05. The van der Waals surface area contributed by atoms with Gasteiger partial charge in [-0.05, 0) is 25.0 Å². The predicted octanol–water partition coefficient (Wildman–Crippen LogP) is 2.70. The minimum atomic E-state index is -0.898. The van der Waals surface area contributed by atoms with Crippen LogP contribution in [0, 0.1) is 0 Å². The molecule has 1 aromatic rings. The minimum absolute atomic E-state index is 0.0554. The number of nitrogens with zero attached hydrogens (tertiary/aromatic N) is 1. The number of carbonyl (C=O) groups excluding carboxylic acids is 3. The first-order valence-corrected chi connectivity index (χ1v) is 8.31. The van der Waals surface area contributed by atoms with Crippen molar-refractivity contribution in [3.63, 3.8) is 0 Å². The van der Waals surface area contributed by atoms with E-state index in [0.29, 0.717) is 0 Å². The van der Waals surface area contributed by atoms with Crippen molar-refractivity contribution < 1.29 is 19.1 Å². The fourth-order valence-electron chi connectivity index (χ4n) is 2.39.